The number of hydrogen-bond donors (Lipinski definition) is 0. The molecule has 0 N–H and O–H groups in total. The van der Waals surface area contributed by atoms with E-state index in [1.54, 1.807) is 37.4 Å². The second kappa shape index (κ2) is 5.42. The maximum Gasteiger partial charge on any atom is 0.341 e. The fourth-order valence-electron chi connectivity index (χ4n) is 2.26. The Balaban J connectivity index is 2.12. The first-order valence-corrected chi connectivity index (χ1v) is 8.24. The lowest BCUT2D eigenvalue weighted by atomic mass is 10.2. The van der Waals surface area contributed by atoms with Gasteiger partial charge in [-0.25, -0.2) is 0 Å². The van der Waals surface area contributed by atoms with Crippen LogP contribution in [-0.2, 0) is 10.1 Å². The highest BCUT2D eigenvalue weighted by Gasteiger charge is 2.21. The molecule has 4 nitrogen and oxygen atoms in total. The molecule has 0 aliphatic heterocycles. The van der Waals surface area contributed by atoms with Gasteiger partial charge in [-0.05, 0) is 43.2 Å². The van der Waals surface area contributed by atoms with Crippen LogP contribution in [0.15, 0.2) is 59.6 Å². The van der Waals surface area contributed by atoms with Crippen LogP contribution in [0.3, 0.4) is 0 Å². The quantitative estimate of drug-likeness (QED) is 0.693. The van der Waals surface area contributed by atoms with Crippen LogP contribution in [0.2, 0.25) is 0 Å². The minimum Gasteiger partial charge on any atom is -0.379 e. The van der Waals surface area contributed by atoms with Crippen molar-refractivity contribution in [2.45, 2.75) is 18.7 Å². The van der Waals surface area contributed by atoms with Crippen LogP contribution in [0.1, 0.15) is 11.1 Å². The third-order valence-corrected chi connectivity index (χ3v) is 4.64. The lowest BCUT2D eigenvalue weighted by Gasteiger charge is -2.11. The fourth-order valence-corrected chi connectivity index (χ4v) is 3.42. The van der Waals surface area contributed by atoms with Gasteiger partial charge >= 0.3 is 10.1 Å². The molecule has 5 heteroatoms. The molecule has 0 radical (unpaired) electrons. The summed E-state index contributed by atoms with van der Waals surface area (Å²) < 4.78 is 30.5. The molecule has 1 aromatic heterocycles. The molecule has 3 rings (SSSR count). The van der Waals surface area contributed by atoms with Crippen molar-refractivity contribution in [1.82, 2.24) is 4.98 Å². The van der Waals surface area contributed by atoms with E-state index in [1.807, 2.05) is 25.1 Å². The summed E-state index contributed by atoms with van der Waals surface area (Å²) in [4.78, 5) is 4.33. The molecule has 0 atom stereocenters. The van der Waals surface area contributed by atoms with Gasteiger partial charge in [0.15, 0.2) is 0 Å². The van der Waals surface area contributed by atoms with Gasteiger partial charge in [0.05, 0.1) is 5.52 Å². The number of nitrogens with zero attached hydrogens (tertiary/aromatic N) is 1. The first-order valence-electron chi connectivity index (χ1n) is 6.83. The molecule has 1 heterocycles. The molecular formula is C17H15NO3S. The van der Waals surface area contributed by atoms with Crippen LogP contribution >= 0.6 is 0 Å². The molecule has 3 aromatic rings. The van der Waals surface area contributed by atoms with Crippen molar-refractivity contribution in [2.75, 3.05) is 0 Å². The molecule has 0 spiro atoms. The van der Waals surface area contributed by atoms with E-state index in [0.717, 1.165) is 16.5 Å². The Bertz CT molecular complexity index is 949. The minimum absolute atomic E-state index is 0.0771. The highest BCUT2D eigenvalue weighted by molar-refractivity contribution is 7.87. The van der Waals surface area contributed by atoms with E-state index in [0.29, 0.717) is 11.3 Å². The van der Waals surface area contributed by atoms with E-state index >= 15 is 0 Å². The van der Waals surface area contributed by atoms with Crippen LogP contribution in [0.25, 0.3) is 10.9 Å². The number of pyridine rings is 1. The Morgan fingerprint density at radius 3 is 2.55 bits per heavy atom. The summed E-state index contributed by atoms with van der Waals surface area (Å²) >= 11 is 0. The monoisotopic (exact) mass is 313 g/mol. The molecule has 0 unspecified atom stereocenters. The Kier molecular flexibility index (Phi) is 3.58. The third-order valence-electron chi connectivity index (χ3n) is 3.37. The zero-order chi connectivity index (χ0) is 15.7. The molecule has 0 aliphatic carbocycles. The second-order valence-corrected chi connectivity index (χ2v) is 6.66. The van der Waals surface area contributed by atoms with Crippen LogP contribution in [0.4, 0.5) is 0 Å². The van der Waals surface area contributed by atoms with Crippen molar-refractivity contribution >= 4 is 21.0 Å². The van der Waals surface area contributed by atoms with Crippen LogP contribution in [0.5, 0.6) is 5.75 Å². The number of aryl methyl sites for hydroxylation is 2. The van der Waals surface area contributed by atoms with Crippen LogP contribution in [0, 0.1) is 13.8 Å². The molecule has 0 saturated carbocycles. The van der Waals surface area contributed by atoms with Gasteiger partial charge in [-0.3, -0.25) is 4.98 Å². The molecule has 0 fully saturated rings. The Morgan fingerprint density at radius 2 is 1.77 bits per heavy atom. The van der Waals surface area contributed by atoms with Gasteiger partial charge in [0.25, 0.3) is 0 Å². The van der Waals surface area contributed by atoms with Gasteiger partial charge in [-0.2, -0.15) is 8.42 Å². The van der Waals surface area contributed by atoms with Crippen LogP contribution < -0.4 is 4.18 Å². The zero-order valence-corrected chi connectivity index (χ0v) is 13.1. The topological polar surface area (TPSA) is 56.3 Å². The third kappa shape index (κ3) is 2.67. The second-order valence-electron chi connectivity index (χ2n) is 5.14. The van der Waals surface area contributed by atoms with Gasteiger partial charge in [0, 0.05) is 11.6 Å². The molecule has 22 heavy (non-hydrogen) atoms. The van der Waals surface area contributed by atoms with Gasteiger partial charge in [-0.15, -0.1) is 0 Å². The molecule has 0 amide bonds. The van der Waals surface area contributed by atoms with Crippen LogP contribution in [-0.4, -0.2) is 13.4 Å². The average molecular weight is 313 g/mol. The number of benzene rings is 2. The minimum atomic E-state index is -3.94. The average Bonchev–Trinajstić information content (AvgIpc) is 2.48. The zero-order valence-electron chi connectivity index (χ0n) is 12.3. The van der Waals surface area contributed by atoms with Crippen molar-refractivity contribution in [2.24, 2.45) is 0 Å². The maximum atomic E-state index is 12.6. The highest BCUT2D eigenvalue weighted by Crippen LogP contribution is 2.26. The highest BCUT2D eigenvalue weighted by atomic mass is 32.2. The molecule has 0 bridgehead atoms. The van der Waals surface area contributed by atoms with Gasteiger partial charge in [0.1, 0.15) is 10.6 Å². The van der Waals surface area contributed by atoms with E-state index in [-0.39, 0.29) is 4.90 Å². The molecule has 0 saturated heterocycles. The number of rotatable bonds is 3. The van der Waals surface area contributed by atoms with Gasteiger partial charge < -0.3 is 4.18 Å². The van der Waals surface area contributed by atoms with Crippen molar-refractivity contribution in [3.05, 3.63) is 65.9 Å². The SMILES string of the molecule is Cc1cnc2c(S(=O)(=O)Oc3ccccc3C)cccc2c1. The van der Waals surface area contributed by atoms with E-state index < -0.39 is 10.1 Å². The smallest absolute Gasteiger partial charge is 0.341 e. The van der Waals surface area contributed by atoms with E-state index in [4.69, 9.17) is 4.18 Å². The van der Waals surface area contributed by atoms with Crippen molar-refractivity contribution in [3.8, 4) is 5.75 Å². The summed E-state index contributed by atoms with van der Waals surface area (Å²) in [6.07, 6.45) is 1.65. The summed E-state index contributed by atoms with van der Waals surface area (Å²) in [6, 6.07) is 13.9. The standard InChI is InChI=1S/C17H15NO3S/c1-12-10-14-7-5-9-16(17(14)18-11-12)22(19,20)21-15-8-4-3-6-13(15)2/h3-11H,1-2H3. The van der Waals surface area contributed by atoms with Gasteiger partial charge in [-0.1, -0.05) is 30.3 Å². The Morgan fingerprint density at radius 1 is 1.00 bits per heavy atom. The maximum absolute atomic E-state index is 12.6. The predicted molar refractivity (Wildman–Crippen MR) is 85.5 cm³/mol. The summed E-state index contributed by atoms with van der Waals surface area (Å²) in [6.45, 7) is 3.72. The molecule has 2 aromatic carbocycles. The Labute approximate surface area is 129 Å². The first kappa shape index (κ1) is 14.5. The number of aromatic nitrogens is 1. The van der Waals surface area contributed by atoms with E-state index in [9.17, 15) is 8.42 Å². The van der Waals surface area contributed by atoms with E-state index in [2.05, 4.69) is 4.98 Å². The predicted octanol–water partition coefficient (Wildman–Crippen LogP) is 3.62. The van der Waals surface area contributed by atoms with E-state index in [1.165, 1.54) is 6.07 Å². The lowest BCUT2D eigenvalue weighted by Crippen LogP contribution is -2.11. The molecule has 112 valence electrons. The fraction of sp³-hybridized carbons (Fsp3) is 0.118. The number of hydrogen-bond acceptors (Lipinski definition) is 4. The first-order chi connectivity index (χ1) is 10.5. The summed E-state index contributed by atoms with van der Waals surface area (Å²) in [5, 5.41) is 0.773. The lowest BCUT2D eigenvalue weighted by molar-refractivity contribution is 0.485. The molecular weight excluding hydrogens is 298 g/mol. The largest absolute Gasteiger partial charge is 0.379 e. The summed E-state index contributed by atoms with van der Waals surface area (Å²) in [5.41, 5.74) is 2.15. The normalized spacial score (nSPS) is 11.5. The van der Waals surface area contributed by atoms with Crippen molar-refractivity contribution in [3.63, 3.8) is 0 Å². The van der Waals surface area contributed by atoms with Crippen molar-refractivity contribution < 1.29 is 12.6 Å². The number of para-hydroxylation sites is 2. The summed E-state index contributed by atoms with van der Waals surface area (Å²) in [7, 11) is -3.94. The number of fused-ring (bicyclic) bond motifs is 1. The summed E-state index contributed by atoms with van der Waals surface area (Å²) in [5.74, 6) is 0.326. The Hall–Kier alpha value is -2.40. The van der Waals surface area contributed by atoms with Gasteiger partial charge in [0.2, 0.25) is 0 Å². The molecule has 0 aliphatic rings. The van der Waals surface area contributed by atoms with Crippen molar-refractivity contribution in [1.29, 1.82) is 0 Å².